The lowest BCUT2D eigenvalue weighted by Crippen LogP contribution is -2.35. The van der Waals surface area contributed by atoms with E-state index in [2.05, 4.69) is 22.0 Å². The van der Waals surface area contributed by atoms with Gasteiger partial charge < -0.3 is 9.30 Å². The summed E-state index contributed by atoms with van der Waals surface area (Å²) in [7, 11) is 2.03. The molecule has 0 radical (unpaired) electrons. The van der Waals surface area contributed by atoms with E-state index < -0.39 is 5.97 Å². The third-order valence-electron chi connectivity index (χ3n) is 2.95. The van der Waals surface area contributed by atoms with Gasteiger partial charge in [-0.25, -0.2) is 4.79 Å². The second-order valence-electron chi connectivity index (χ2n) is 3.91. The molecule has 0 aliphatic carbocycles. The summed E-state index contributed by atoms with van der Waals surface area (Å²) in [6.45, 7) is 5.81. The van der Waals surface area contributed by atoms with Crippen molar-refractivity contribution in [3.8, 4) is 0 Å². The predicted octanol–water partition coefficient (Wildman–Crippen LogP) is 0.461. The number of carbonyl (C=O) groups is 1. The highest BCUT2D eigenvalue weighted by Crippen LogP contribution is 2.22. The Balaban J connectivity index is 2.31. The lowest BCUT2D eigenvalue weighted by Gasteiger charge is -2.29. The highest BCUT2D eigenvalue weighted by atomic mass is 16.5. The van der Waals surface area contributed by atoms with Crippen LogP contribution in [-0.4, -0.2) is 45.8 Å². The number of rotatable bonds is 2. The molecule has 6 heteroatoms. The van der Waals surface area contributed by atoms with Crippen molar-refractivity contribution in [3.05, 3.63) is 11.6 Å². The number of likely N-dealkylation sites (N-methyl/N-ethyl adjacent to an activating group) is 1. The fourth-order valence-corrected chi connectivity index (χ4v) is 1.84. The number of ether oxygens (including phenoxy) is 1. The molecule has 1 aromatic heterocycles. The standard InChI is InChI=1S/C10H16N4O2/c1-4-16-10(15)9-12-11-8-7(2)13(3)5-6-14(8)9/h7H,4-6H2,1-3H3. The smallest absolute Gasteiger partial charge is 0.376 e. The van der Waals surface area contributed by atoms with E-state index in [1.54, 1.807) is 6.92 Å². The molecule has 0 aromatic carbocycles. The molecule has 2 heterocycles. The number of hydrogen-bond acceptors (Lipinski definition) is 5. The molecule has 2 rings (SSSR count). The van der Waals surface area contributed by atoms with Gasteiger partial charge in [-0.2, -0.15) is 0 Å². The van der Waals surface area contributed by atoms with Crippen molar-refractivity contribution in [2.24, 2.45) is 0 Å². The number of esters is 1. The van der Waals surface area contributed by atoms with Crippen molar-refractivity contribution < 1.29 is 9.53 Å². The summed E-state index contributed by atoms with van der Waals surface area (Å²) in [5.41, 5.74) is 0. The number of hydrogen-bond donors (Lipinski definition) is 0. The largest absolute Gasteiger partial charge is 0.460 e. The third-order valence-corrected chi connectivity index (χ3v) is 2.95. The Morgan fingerprint density at radius 1 is 1.50 bits per heavy atom. The van der Waals surface area contributed by atoms with Crippen LogP contribution in [0.15, 0.2) is 0 Å². The van der Waals surface area contributed by atoms with Crippen LogP contribution in [0.2, 0.25) is 0 Å². The minimum absolute atomic E-state index is 0.185. The molecule has 0 fully saturated rings. The quantitative estimate of drug-likeness (QED) is 0.683. The molecule has 1 aromatic rings. The van der Waals surface area contributed by atoms with E-state index in [4.69, 9.17) is 4.74 Å². The summed E-state index contributed by atoms with van der Waals surface area (Å²) in [4.78, 5) is 13.8. The van der Waals surface area contributed by atoms with Gasteiger partial charge in [0.05, 0.1) is 12.6 Å². The summed E-state index contributed by atoms with van der Waals surface area (Å²) in [6, 6.07) is 0.185. The van der Waals surface area contributed by atoms with Gasteiger partial charge >= 0.3 is 5.97 Å². The first-order chi connectivity index (χ1) is 7.65. The Labute approximate surface area is 94.2 Å². The molecule has 88 valence electrons. The minimum Gasteiger partial charge on any atom is -0.460 e. The first-order valence-corrected chi connectivity index (χ1v) is 5.45. The molecule has 0 bridgehead atoms. The Morgan fingerprint density at radius 2 is 2.25 bits per heavy atom. The number of nitrogens with zero attached hydrogens (tertiary/aromatic N) is 4. The molecular weight excluding hydrogens is 208 g/mol. The summed E-state index contributed by atoms with van der Waals surface area (Å²) in [5, 5.41) is 7.97. The van der Waals surface area contributed by atoms with E-state index in [-0.39, 0.29) is 6.04 Å². The molecule has 0 N–H and O–H groups in total. The van der Waals surface area contributed by atoms with Gasteiger partial charge in [-0.15, -0.1) is 10.2 Å². The molecule has 1 unspecified atom stereocenters. The fourth-order valence-electron chi connectivity index (χ4n) is 1.84. The van der Waals surface area contributed by atoms with Crippen LogP contribution in [0.1, 0.15) is 36.3 Å². The highest BCUT2D eigenvalue weighted by molar-refractivity contribution is 5.85. The SMILES string of the molecule is CCOC(=O)c1nnc2n1CCN(C)C2C. The van der Waals surface area contributed by atoms with Crippen molar-refractivity contribution >= 4 is 5.97 Å². The van der Waals surface area contributed by atoms with Gasteiger partial charge in [-0.1, -0.05) is 0 Å². The maximum Gasteiger partial charge on any atom is 0.376 e. The molecule has 1 aliphatic heterocycles. The molecule has 1 atom stereocenters. The summed E-state index contributed by atoms with van der Waals surface area (Å²) >= 11 is 0. The molecule has 0 saturated heterocycles. The van der Waals surface area contributed by atoms with E-state index in [1.807, 2.05) is 11.6 Å². The van der Waals surface area contributed by atoms with E-state index in [0.717, 1.165) is 18.9 Å². The van der Waals surface area contributed by atoms with E-state index in [1.165, 1.54) is 0 Å². The first-order valence-electron chi connectivity index (χ1n) is 5.45. The Morgan fingerprint density at radius 3 is 2.94 bits per heavy atom. The Kier molecular flexibility index (Phi) is 2.91. The van der Waals surface area contributed by atoms with Crippen LogP contribution >= 0.6 is 0 Å². The van der Waals surface area contributed by atoms with E-state index in [9.17, 15) is 4.79 Å². The molecular formula is C10H16N4O2. The summed E-state index contributed by atoms with van der Waals surface area (Å²) in [5.74, 6) is 0.756. The molecule has 0 saturated carbocycles. The van der Waals surface area contributed by atoms with Gasteiger partial charge in [0.2, 0.25) is 5.82 Å². The predicted molar refractivity (Wildman–Crippen MR) is 57.0 cm³/mol. The summed E-state index contributed by atoms with van der Waals surface area (Å²) in [6.07, 6.45) is 0. The second kappa shape index (κ2) is 4.21. The first kappa shape index (κ1) is 11.1. The number of aromatic nitrogens is 3. The van der Waals surface area contributed by atoms with E-state index in [0.29, 0.717) is 12.4 Å². The van der Waals surface area contributed by atoms with Gasteiger partial charge in [0.25, 0.3) is 0 Å². The van der Waals surface area contributed by atoms with Crippen LogP contribution < -0.4 is 0 Å². The molecule has 1 aliphatic rings. The van der Waals surface area contributed by atoms with Crippen LogP contribution in [0.3, 0.4) is 0 Å². The summed E-state index contributed by atoms with van der Waals surface area (Å²) < 4.78 is 6.79. The number of carbonyl (C=O) groups excluding carboxylic acids is 1. The lowest BCUT2D eigenvalue weighted by molar-refractivity contribution is 0.0501. The van der Waals surface area contributed by atoms with E-state index >= 15 is 0 Å². The Bertz CT molecular complexity index is 402. The van der Waals surface area contributed by atoms with Crippen LogP contribution in [0.4, 0.5) is 0 Å². The molecule has 6 nitrogen and oxygen atoms in total. The molecule has 16 heavy (non-hydrogen) atoms. The minimum atomic E-state index is -0.391. The second-order valence-corrected chi connectivity index (χ2v) is 3.91. The van der Waals surface area contributed by atoms with Crippen LogP contribution in [0.25, 0.3) is 0 Å². The number of fused-ring (bicyclic) bond motifs is 1. The zero-order valence-electron chi connectivity index (χ0n) is 9.80. The third kappa shape index (κ3) is 1.69. The van der Waals surface area contributed by atoms with Gasteiger partial charge in [0.1, 0.15) is 0 Å². The molecule has 0 spiro atoms. The lowest BCUT2D eigenvalue weighted by atomic mass is 10.2. The van der Waals surface area contributed by atoms with Crippen molar-refractivity contribution in [1.29, 1.82) is 0 Å². The maximum absolute atomic E-state index is 11.6. The zero-order chi connectivity index (χ0) is 11.7. The van der Waals surface area contributed by atoms with Crippen molar-refractivity contribution in [2.45, 2.75) is 26.4 Å². The van der Waals surface area contributed by atoms with Crippen molar-refractivity contribution in [2.75, 3.05) is 20.2 Å². The highest BCUT2D eigenvalue weighted by Gasteiger charge is 2.28. The van der Waals surface area contributed by atoms with Crippen LogP contribution in [-0.2, 0) is 11.3 Å². The fraction of sp³-hybridized carbons (Fsp3) is 0.700. The average molecular weight is 224 g/mol. The topological polar surface area (TPSA) is 60.2 Å². The maximum atomic E-state index is 11.6. The van der Waals surface area contributed by atoms with Crippen LogP contribution in [0, 0.1) is 0 Å². The van der Waals surface area contributed by atoms with Crippen molar-refractivity contribution in [1.82, 2.24) is 19.7 Å². The normalized spacial score (nSPS) is 20.6. The molecule has 0 amide bonds. The van der Waals surface area contributed by atoms with Crippen molar-refractivity contribution in [3.63, 3.8) is 0 Å². The zero-order valence-corrected chi connectivity index (χ0v) is 9.80. The monoisotopic (exact) mass is 224 g/mol. The van der Waals surface area contributed by atoms with Crippen LogP contribution in [0.5, 0.6) is 0 Å². The van der Waals surface area contributed by atoms with Gasteiger partial charge in [-0.05, 0) is 20.9 Å². The van der Waals surface area contributed by atoms with Gasteiger partial charge in [0.15, 0.2) is 5.82 Å². The Hall–Kier alpha value is -1.43. The van der Waals surface area contributed by atoms with Gasteiger partial charge in [-0.3, -0.25) is 4.90 Å². The average Bonchev–Trinajstić information content (AvgIpc) is 2.68. The van der Waals surface area contributed by atoms with Gasteiger partial charge in [0, 0.05) is 13.1 Å².